The van der Waals surface area contributed by atoms with Gasteiger partial charge in [0.25, 0.3) is 0 Å². The van der Waals surface area contributed by atoms with Crippen molar-refractivity contribution >= 4 is 11.7 Å². The molecule has 0 bridgehead atoms. The lowest BCUT2D eigenvalue weighted by Crippen LogP contribution is -2.43. The van der Waals surface area contributed by atoms with Gasteiger partial charge in [-0.1, -0.05) is 6.07 Å². The summed E-state index contributed by atoms with van der Waals surface area (Å²) in [6, 6.07) is 4.16. The van der Waals surface area contributed by atoms with Crippen LogP contribution in [0.3, 0.4) is 0 Å². The molecule has 1 aliphatic rings. The lowest BCUT2D eigenvalue weighted by Gasteiger charge is -2.32. The van der Waals surface area contributed by atoms with Crippen LogP contribution >= 0.6 is 0 Å². The van der Waals surface area contributed by atoms with Gasteiger partial charge in [-0.05, 0) is 31.0 Å². The van der Waals surface area contributed by atoms with E-state index in [4.69, 9.17) is 10.5 Å². The van der Waals surface area contributed by atoms with Crippen LogP contribution in [-0.4, -0.2) is 69.3 Å². The molecule has 7 nitrogen and oxygen atoms in total. The maximum Gasteiger partial charge on any atom is 0.224 e. The van der Waals surface area contributed by atoms with E-state index in [-0.39, 0.29) is 11.8 Å². The number of amides is 1. The van der Waals surface area contributed by atoms with E-state index < -0.39 is 0 Å². The number of carbonyl (C=O) groups excluding carboxylic acids is 1. The molecule has 2 heterocycles. The van der Waals surface area contributed by atoms with Crippen LogP contribution in [0.15, 0.2) is 18.3 Å². The number of rotatable bonds is 9. The number of nitrogens with one attached hydrogen (secondary N) is 1. The molecule has 7 heteroatoms. The SMILES string of the molecule is COCCN(C)c1ccc(CN2CCCC(C(=O)NCCN)C2)cn1. The van der Waals surface area contributed by atoms with E-state index in [0.717, 1.165) is 44.8 Å². The third-order valence-corrected chi connectivity index (χ3v) is 4.56. The highest BCUT2D eigenvalue weighted by atomic mass is 16.5. The number of aromatic nitrogens is 1. The average molecular weight is 349 g/mol. The quantitative estimate of drug-likeness (QED) is 0.674. The number of likely N-dealkylation sites (N-methyl/N-ethyl adjacent to an activating group) is 1. The molecule has 2 rings (SSSR count). The number of anilines is 1. The molecule has 1 atom stereocenters. The Hall–Kier alpha value is -1.70. The lowest BCUT2D eigenvalue weighted by molar-refractivity contribution is -0.126. The maximum atomic E-state index is 12.1. The fourth-order valence-electron chi connectivity index (χ4n) is 3.09. The van der Waals surface area contributed by atoms with E-state index in [1.54, 1.807) is 7.11 Å². The van der Waals surface area contributed by atoms with Crippen LogP contribution in [-0.2, 0) is 16.1 Å². The number of piperidine rings is 1. The van der Waals surface area contributed by atoms with Crippen molar-refractivity contribution < 1.29 is 9.53 Å². The van der Waals surface area contributed by atoms with Crippen molar-refractivity contribution in [1.82, 2.24) is 15.2 Å². The normalized spacial score (nSPS) is 18.1. The van der Waals surface area contributed by atoms with Gasteiger partial charge in [-0.25, -0.2) is 4.98 Å². The van der Waals surface area contributed by atoms with Crippen molar-refractivity contribution in [1.29, 1.82) is 0 Å². The van der Waals surface area contributed by atoms with Gasteiger partial charge < -0.3 is 20.7 Å². The van der Waals surface area contributed by atoms with Crippen LogP contribution in [0.5, 0.6) is 0 Å². The van der Waals surface area contributed by atoms with Crippen molar-refractivity contribution in [3.63, 3.8) is 0 Å². The van der Waals surface area contributed by atoms with Gasteiger partial charge in [-0.2, -0.15) is 0 Å². The van der Waals surface area contributed by atoms with Crippen molar-refractivity contribution in [2.24, 2.45) is 11.7 Å². The minimum absolute atomic E-state index is 0.0627. The van der Waals surface area contributed by atoms with Gasteiger partial charge in [0.1, 0.15) is 5.82 Å². The molecular weight excluding hydrogens is 318 g/mol. The number of pyridine rings is 1. The second-order valence-electron chi connectivity index (χ2n) is 6.59. The van der Waals surface area contributed by atoms with Crippen LogP contribution in [0.1, 0.15) is 18.4 Å². The Morgan fingerprint density at radius 3 is 3.04 bits per heavy atom. The molecule has 0 radical (unpaired) electrons. The summed E-state index contributed by atoms with van der Waals surface area (Å²) < 4.78 is 5.10. The Kier molecular flexibility index (Phi) is 8.11. The fourth-order valence-corrected chi connectivity index (χ4v) is 3.09. The van der Waals surface area contributed by atoms with Gasteiger partial charge in [-0.15, -0.1) is 0 Å². The van der Waals surface area contributed by atoms with Crippen LogP contribution < -0.4 is 16.0 Å². The molecule has 1 aliphatic heterocycles. The van der Waals surface area contributed by atoms with Crippen molar-refractivity contribution in [2.45, 2.75) is 19.4 Å². The monoisotopic (exact) mass is 349 g/mol. The van der Waals surface area contributed by atoms with Crippen molar-refractivity contribution in [3.8, 4) is 0 Å². The molecule has 0 spiro atoms. The zero-order valence-electron chi connectivity index (χ0n) is 15.4. The summed E-state index contributed by atoms with van der Waals surface area (Å²) in [4.78, 5) is 21.1. The predicted octanol–water partition coefficient (Wildman–Crippen LogP) is 0.451. The number of ether oxygens (including phenoxy) is 1. The van der Waals surface area contributed by atoms with Crippen LogP contribution in [0.4, 0.5) is 5.82 Å². The molecule has 3 N–H and O–H groups in total. The Morgan fingerprint density at radius 2 is 2.36 bits per heavy atom. The highest BCUT2D eigenvalue weighted by Gasteiger charge is 2.25. The van der Waals surface area contributed by atoms with E-state index in [0.29, 0.717) is 19.7 Å². The Labute approximate surface area is 150 Å². The summed E-state index contributed by atoms with van der Waals surface area (Å²) in [6.45, 7) is 5.18. The smallest absolute Gasteiger partial charge is 0.224 e. The largest absolute Gasteiger partial charge is 0.383 e. The van der Waals surface area contributed by atoms with Crippen LogP contribution in [0.2, 0.25) is 0 Å². The first-order valence-electron chi connectivity index (χ1n) is 8.99. The summed E-state index contributed by atoms with van der Waals surface area (Å²) in [6.07, 6.45) is 3.93. The van der Waals surface area contributed by atoms with Gasteiger partial charge >= 0.3 is 0 Å². The van der Waals surface area contributed by atoms with E-state index in [1.807, 2.05) is 19.3 Å². The van der Waals surface area contributed by atoms with Gasteiger partial charge in [0.15, 0.2) is 0 Å². The van der Waals surface area contributed by atoms with E-state index >= 15 is 0 Å². The summed E-state index contributed by atoms with van der Waals surface area (Å²) >= 11 is 0. The van der Waals surface area contributed by atoms with E-state index in [1.165, 1.54) is 5.56 Å². The second kappa shape index (κ2) is 10.3. The first-order chi connectivity index (χ1) is 12.1. The predicted molar refractivity (Wildman–Crippen MR) is 99.4 cm³/mol. The first kappa shape index (κ1) is 19.6. The Bertz CT molecular complexity index is 523. The number of nitrogens with zero attached hydrogens (tertiary/aromatic N) is 3. The van der Waals surface area contributed by atoms with Crippen molar-refractivity contribution in [3.05, 3.63) is 23.9 Å². The molecule has 140 valence electrons. The van der Waals surface area contributed by atoms with Gasteiger partial charge in [-0.3, -0.25) is 9.69 Å². The zero-order chi connectivity index (χ0) is 18.1. The molecule has 0 aliphatic carbocycles. The maximum absolute atomic E-state index is 12.1. The molecule has 1 saturated heterocycles. The van der Waals surface area contributed by atoms with E-state index in [9.17, 15) is 4.79 Å². The van der Waals surface area contributed by atoms with Crippen LogP contribution in [0, 0.1) is 5.92 Å². The average Bonchev–Trinajstić information content (AvgIpc) is 2.65. The molecule has 1 aromatic heterocycles. The van der Waals surface area contributed by atoms with Gasteiger partial charge in [0.2, 0.25) is 5.91 Å². The standard InChI is InChI=1S/C18H31N5O2/c1-22(10-11-25-2)17-6-5-15(12-21-17)13-23-9-3-4-16(14-23)18(24)20-8-7-19/h5-6,12,16H,3-4,7-11,13-14,19H2,1-2H3,(H,20,24). The summed E-state index contributed by atoms with van der Waals surface area (Å²) in [7, 11) is 3.71. The third kappa shape index (κ3) is 6.26. The number of hydrogen-bond acceptors (Lipinski definition) is 6. The number of hydrogen-bond donors (Lipinski definition) is 2. The second-order valence-corrected chi connectivity index (χ2v) is 6.59. The third-order valence-electron chi connectivity index (χ3n) is 4.56. The number of likely N-dealkylation sites (tertiary alicyclic amines) is 1. The molecule has 0 saturated carbocycles. The Balaban J connectivity index is 1.85. The topological polar surface area (TPSA) is 83.7 Å². The molecule has 1 fully saturated rings. The molecule has 25 heavy (non-hydrogen) atoms. The number of nitrogens with two attached hydrogens (primary N) is 1. The fraction of sp³-hybridized carbons (Fsp3) is 0.667. The highest BCUT2D eigenvalue weighted by molar-refractivity contribution is 5.78. The lowest BCUT2D eigenvalue weighted by atomic mass is 9.97. The minimum atomic E-state index is 0.0627. The first-order valence-corrected chi connectivity index (χ1v) is 8.99. The van der Waals surface area contributed by atoms with E-state index in [2.05, 4.69) is 26.2 Å². The summed E-state index contributed by atoms with van der Waals surface area (Å²) in [5.74, 6) is 1.13. The van der Waals surface area contributed by atoms with Gasteiger partial charge in [0, 0.05) is 53.1 Å². The van der Waals surface area contributed by atoms with Crippen molar-refractivity contribution in [2.75, 3.05) is 58.4 Å². The minimum Gasteiger partial charge on any atom is -0.383 e. The zero-order valence-corrected chi connectivity index (χ0v) is 15.4. The molecule has 1 aromatic rings. The molecule has 1 amide bonds. The highest BCUT2D eigenvalue weighted by Crippen LogP contribution is 2.19. The summed E-state index contributed by atoms with van der Waals surface area (Å²) in [5, 5.41) is 2.90. The molecular formula is C18H31N5O2. The molecule has 0 aromatic carbocycles. The molecule has 1 unspecified atom stereocenters. The van der Waals surface area contributed by atoms with Gasteiger partial charge in [0.05, 0.1) is 12.5 Å². The summed E-state index contributed by atoms with van der Waals surface area (Å²) in [5.41, 5.74) is 6.63. The van der Waals surface area contributed by atoms with Crippen LogP contribution in [0.25, 0.3) is 0 Å². The Morgan fingerprint density at radius 1 is 1.52 bits per heavy atom. The number of carbonyl (C=O) groups is 1. The number of methoxy groups -OCH3 is 1.